The number of morpholine rings is 1. The average molecular weight is 309 g/mol. The van der Waals surface area contributed by atoms with Crippen molar-refractivity contribution in [3.63, 3.8) is 0 Å². The molecule has 2 rings (SSSR count). The minimum absolute atomic E-state index is 0.176. The summed E-state index contributed by atoms with van der Waals surface area (Å²) in [4.78, 5) is 16.4. The van der Waals surface area contributed by atoms with E-state index in [4.69, 9.17) is 4.74 Å². The zero-order chi connectivity index (χ0) is 15.9. The first kappa shape index (κ1) is 17.0. The van der Waals surface area contributed by atoms with Crippen LogP contribution in [0.5, 0.6) is 5.75 Å². The molecule has 0 bridgehead atoms. The van der Waals surface area contributed by atoms with E-state index in [9.17, 15) is 9.90 Å². The highest BCUT2D eigenvalue weighted by atomic mass is 16.5. The predicted molar refractivity (Wildman–Crippen MR) is 86.3 cm³/mol. The molecule has 0 amide bonds. The largest absolute Gasteiger partial charge is 0.503 e. The predicted octanol–water partition coefficient (Wildman–Crippen LogP) is 0.728. The molecular weight excluding hydrogens is 282 g/mol. The molecule has 124 valence electrons. The van der Waals surface area contributed by atoms with Crippen LogP contribution in [0.4, 0.5) is 0 Å². The van der Waals surface area contributed by atoms with E-state index in [1.807, 2.05) is 4.57 Å². The van der Waals surface area contributed by atoms with Crippen molar-refractivity contribution in [2.45, 2.75) is 26.9 Å². The van der Waals surface area contributed by atoms with Gasteiger partial charge in [-0.1, -0.05) is 13.8 Å². The lowest BCUT2D eigenvalue weighted by Crippen LogP contribution is -2.38. The maximum atomic E-state index is 11.7. The van der Waals surface area contributed by atoms with E-state index in [1.165, 1.54) is 0 Å². The van der Waals surface area contributed by atoms with Gasteiger partial charge in [-0.2, -0.15) is 0 Å². The molecule has 6 nitrogen and oxygen atoms in total. The van der Waals surface area contributed by atoms with Gasteiger partial charge in [-0.3, -0.25) is 14.6 Å². The molecule has 0 radical (unpaired) electrons. The second-order valence-electron chi connectivity index (χ2n) is 5.62. The van der Waals surface area contributed by atoms with Gasteiger partial charge in [0.05, 0.1) is 19.4 Å². The molecule has 2 heterocycles. The van der Waals surface area contributed by atoms with Crippen LogP contribution in [0.3, 0.4) is 0 Å². The number of aromatic nitrogens is 1. The maximum absolute atomic E-state index is 11.7. The van der Waals surface area contributed by atoms with Crippen molar-refractivity contribution in [3.05, 3.63) is 28.2 Å². The van der Waals surface area contributed by atoms with Gasteiger partial charge in [0.2, 0.25) is 5.43 Å². The number of nitrogens with zero attached hydrogens (tertiary/aromatic N) is 3. The molecule has 22 heavy (non-hydrogen) atoms. The molecule has 0 aliphatic carbocycles. The Morgan fingerprint density at radius 2 is 1.91 bits per heavy atom. The van der Waals surface area contributed by atoms with E-state index >= 15 is 0 Å². The normalized spacial score (nSPS) is 16.3. The SMILES string of the molecule is CCN(CC)Cc1cc(=O)c(O)cn1CCN1CCOCC1. The molecule has 0 aromatic carbocycles. The van der Waals surface area contributed by atoms with E-state index in [-0.39, 0.29) is 11.2 Å². The Morgan fingerprint density at radius 1 is 1.23 bits per heavy atom. The summed E-state index contributed by atoms with van der Waals surface area (Å²) in [5.41, 5.74) is 0.657. The summed E-state index contributed by atoms with van der Waals surface area (Å²) in [6.45, 7) is 11.9. The van der Waals surface area contributed by atoms with Crippen LogP contribution in [0.15, 0.2) is 17.1 Å². The van der Waals surface area contributed by atoms with Crippen molar-refractivity contribution in [1.82, 2.24) is 14.4 Å². The first-order valence-corrected chi connectivity index (χ1v) is 8.08. The van der Waals surface area contributed by atoms with E-state index in [0.717, 1.165) is 64.7 Å². The van der Waals surface area contributed by atoms with Gasteiger partial charge in [0.25, 0.3) is 0 Å². The third-order valence-corrected chi connectivity index (χ3v) is 4.24. The highest BCUT2D eigenvalue weighted by Gasteiger charge is 2.13. The Kier molecular flexibility index (Phi) is 6.42. The maximum Gasteiger partial charge on any atom is 0.223 e. The monoisotopic (exact) mass is 309 g/mol. The summed E-state index contributed by atoms with van der Waals surface area (Å²) < 4.78 is 7.36. The molecule has 1 aromatic heterocycles. The Bertz CT molecular complexity index is 520. The second kappa shape index (κ2) is 8.31. The smallest absolute Gasteiger partial charge is 0.223 e. The van der Waals surface area contributed by atoms with Crippen molar-refractivity contribution in [2.24, 2.45) is 0 Å². The van der Waals surface area contributed by atoms with Crippen LogP contribution in [0.25, 0.3) is 0 Å². The third-order valence-electron chi connectivity index (χ3n) is 4.24. The van der Waals surface area contributed by atoms with E-state index < -0.39 is 0 Å². The summed E-state index contributed by atoms with van der Waals surface area (Å²) in [5, 5.41) is 9.73. The zero-order valence-electron chi connectivity index (χ0n) is 13.6. The minimum Gasteiger partial charge on any atom is -0.503 e. The van der Waals surface area contributed by atoms with Crippen LogP contribution in [-0.4, -0.2) is 65.4 Å². The highest BCUT2D eigenvalue weighted by Crippen LogP contribution is 2.09. The van der Waals surface area contributed by atoms with Crippen molar-refractivity contribution in [2.75, 3.05) is 45.9 Å². The summed E-state index contributed by atoms with van der Waals surface area (Å²) in [6.07, 6.45) is 1.57. The zero-order valence-corrected chi connectivity index (χ0v) is 13.6. The van der Waals surface area contributed by atoms with Crippen molar-refractivity contribution < 1.29 is 9.84 Å². The molecule has 0 saturated carbocycles. The lowest BCUT2D eigenvalue weighted by molar-refractivity contribution is 0.0362. The summed E-state index contributed by atoms with van der Waals surface area (Å²) >= 11 is 0. The average Bonchev–Trinajstić information content (AvgIpc) is 2.55. The van der Waals surface area contributed by atoms with Gasteiger partial charge >= 0.3 is 0 Å². The van der Waals surface area contributed by atoms with Crippen molar-refractivity contribution in [3.8, 4) is 5.75 Å². The molecule has 1 aliphatic heterocycles. The molecule has 1 aromatic rings. The lowest BCUT2D eigenvalue weighted by atomic mass is 10.2. The summed E-state index contributed by atoms with van der Waals surface area (Å²) in [6, 6.07) is 1.56. The number of ether oxygens (including phenoxy) is 1. The standard InChI is InChI=1S/C16H27N3O3/c1-3-17(4-2)12-14-11-15(20)16(21)13-19(14)6-5-18-7-9-22-10-8-18/h11,13,21H,3-10,12H2,1-2H3. The second-order valence-corrected chi connectivity index (χ2v) is 5.62. The summed E-state index contributed by atoms with van der Waals surface area (Å²) in [7, 11) is 0. The van der Waals surface area contributed by atoms with Gasteiger partial charge in [-0.05, 0) is 13.1 Å². The molecule has 1 N–H and O–H groups in total. The van der Waals surface area contributed by atoms with Gasteiger partial charge < -0.3 is 14.4 Å². The van der Waals surface area contributed by atoms with Crippen molar-refractivity contribution in [1.29, 1.82) is 0 Å². The quantitative estimate of drug-likeness (QED) is 0.804. The molecule has 1 fully saturated rings. The Labute approximate surface area is 131 Å². The topological polar surface area (TPSA) is 57.9 Å². The Morgan fingerprint density at radius 3 is 2.55 bits per heavy atom. The van der Waals surface area contributed by atoms with Gasteiger partial charge in [0.15, 0.2) is 5.75 Å². The third kappa shape index (κ3) is 4.56. The van der Waals surface area contributed by atoms with Crippen LogP contribution in [0, 0.1) is 0 Å². The van der Waals surface area contributed by atoms with E-state index in [1.54, 1.807) is 12.3 Å². The molecule has 0 unspecified atom stereocenters. The lowest BCUT2D eigenvalue weighted by Gasteiger charge is -2.28. The molecule has 6 heteroatoms. The molecule has 0 atom stereocenters. The fraction of sp³-hybridized carbons (Fsp3) is 0.688. The molecule has 1 aliphatic rings. The number of pyridine rings is 1. The number of hydrogen-bond acceptors (Lipinski definition) is 5. The first-order valence-electron chi connectivity index (χ1n) is 8.08. The van der Waals surface area contributed by atoms with Gasteiger partial charge in [-0.25, -0.2) is 0 Å². The number of hydrogen-bond donors (Lipinski definition) is 1. The van der Waals surface area contributed by atoms with Gasteiger partial charge in [0, 0.05) is 44.5 Å². The molecular formula is C16H27N3O3. The molecule has 1 saturated heterocycles. The van der Waals surface area contributed by atoms with Crippen LogP contribution in [0.2, 0.25) is 0 Å². The van der Waals surface area contributed by atoms with Gasteiger partial charge in [0.1, 0.15) is 0 Å². The fourth-order valence-electron chi connectivity index (χ4n) is 2.70. The first-order chi connectivity index (χ1) is 10.6. The fourth-order valence-corrected chi connectivity index (χ4v) is 2.70. The Hall–Kier alpha value is -1.37. The van der Waals surface area contributed by atoms with Gasteiger partial charge in [-0.15, -0.1) is 0 Å². The van der Waals surface area contributed by atoms with Crippen LogP contribution in [0.1, 0.15) is 19.5 Å². The van der Waals surface area contributed by atoms with Crippen molar-refractivity contribution >= 4 is 0 Å². The number of rotatable bonds is 7. The summed E-state index contributed by atoms with van der Waals surface area (Å²) in [5.74, 6) is -0.176. The molecule has 0 spiro atoms. The number of aromatic hydroxyl groups is 1. The van der Waals surface area contributed by atoms with E-state index in [2.05, 4.69) is 23.6 Å². The van der Waals surface area contributed by atoms with Crippen LogP contribution < -0.4 is 5.43 Å². The van der Waals surface area contributed by atoms with Crippen LogP contribution >= 0.6 is 0 Å². The highest BCUT2D eigenvalue weighted by molar-refractivity contribution is 5.20. The Balaban J connectivity index is 2.09. The minimum atomic E-state index is -0.301. The van der Waals surface area contributed by atoms with E-state index in [0.29, 0.717) is 0 Å². The van der Waals surface area contributed by atoms with Crippen LogP contribution in [-0.2, 0) is 17.8 Å².